The first kappa shape index (κ1) is 13.3. The van der Waals surface area contributed by atoms with Crippen LogP contribution in [0, 0.1) is 5.92 Å². The van der Waals surface area contributed by atoms with E-state index in [0.29, 0.717) is 13.0 Å². The first-order valence-electron chi connectivity index (χ1n) is 5.58. The molecule has 2 atom stereocenters. The largest absolute Gasteiger partial charge is 0.444 e. The van der Waals surface area contributed by atoms with Crippen LogP contribution in [0.2, 0.25) is 0 Å². The summed E-state index contributed by atoms with van der Waals surface area (Å²) in [7, 11) is 0. The van der Waals surface area contributed by atoms with Gasteiger partial charge in [0.1, 0.15) is 5.60 Å². The Balaban J connectivity index is 2.55. The minimum atomic E-state index is -0.571. The van der Waals surface area contributed by atoms with Crippen LogP contribution in [-0.2, 0) is 4.74 Å². The highest BCUT2D eigenvalue weighted by atomic mass is 16.6. The molecule has 1 fully saturated rings. The molecule has 5 nitrogen and oxygen atoms in total. The molecule has 2 N–H and O–H groups in total. The highest BCUT2D eigenvalue weighted by Gasteiger charge is 2.31. The number of hydrogen-bond acceptors (Lipinski definition) is 4. The van der Waals surface area contributed by atoms with Crippen molar-refractivity contribution in [2.24, 2.45) is 5.92 Å². The van der Waals surface area contributed by atoms with Gasteiger partial charge in [-0.15, -0.1) is 0 Å². The van der Waals surface area contributed by atoms with Crippen molar-refractivity contribution in [3.8, 4) is 0 Å². The second-order valence-corrected chi connectivity index (χ2v) is 5.32. The van der Waals surface area contributed by atoms with Crippen LogP contribution in [0.15, 0.2) is 0 Å². The molecule has 0 radical (unpaired) electrons. The van der Waals surface area contributed by atoms with E-state index < -0.39 is 17.8 Å². The summed E-state index contributed by atoms with van der Waals surface area (Å²) in [6.07, 6.45) is -0.460. The smallest absolute Gasteiger partial charge is 0.410 e. The Morgan fingerprint density at radius 1 is 1.44 bits per heavy atom. The number of amides is 1. The van der Waals surface area contributed by atoms with Gasteiger partial charge in [0, 0.05) is 25.6 Å². The van der Waals surface area contributed by atoms with Crippen LogP contribution in [0.3, 0.4) is 0 Å². The number of ether oxygens (including phenoxy) is 1. The maximum absolute atomic E-state index is 11.7. The van der Waals surface area contributed by atoms with E-state index in [1.165, 1.54) is 4.90 Å². The topological polar surface area (TPSA) is 70.0 Å². The van der Waals surface area contributed by atoms with Gasteiger partial charge in [0.15, 0.2) is 0 Å². The zero-order chi connectivity index (χ0) is 12.3. The third-order valence-corrected chi connectivity index (χ3v) is 2.43. The van der Waals surface area contributed by atoms with Crippen LogP contribution in [0.1, 0.15) is 27.2 Å². The third-order valence-electron chi connectivity index (χ3n) is 2.43. The van der Waals surface area contributed by atoms with E-state index in [4.69, 9.17) is 9.84 Å². The zero-order valence-corrected chi connectivity index (χ0v) is 10.1. The van der Waals surface area contributed by atoms with Crippen molar-refractivity contribution in [1.29, 1.82) is 0 Å². The zero-order valence-electron chi connectivity index (χ0n) is 10.1. The Morgan fingerprint density at radius 3 is 2.56 bits per heavy atom. The fourth-order valence-corrected chi connectivity index (χ4v) is 1.78. The second kappa shape index (κ2) is 5.01. The lowest BCUT2D eigenvalue weighted by atomic mass is 9.97. The Labute approximate surface area is 96.0 Å². The van der Waals surface area contributed by atoms with Gasteiger partial charge in [-0.05, 0) is 27.2 Å². The molecule has 1 rings (SSSR count). The van der Waals surface area contributed by atoms with Crippen molar-refractivity contribution >= 4 is 6.09 Å². The lowest BCUT2D eigenvalue weighted by molar-refractivity contribution is -0.0140. The Morgan fingerprint density at radius 2 is 2.06 bits per heavy atom. The standard InChI is InChI=1S/C11H21NO4/c1-11(2,3)16-10(15)12-5-8(7-13)4-9(14)6-12/h8-9,13-14H,4-7H2,1-3H3. The Bertz CT molecular complexity index is 249. The number of carbonyl (C=O) groups is 1. The summed E-state index contributed by atoms with van der Waals surface area (Å²) in [4.78, 5) is 13.2. The molecule has 1 amide bonds. The van der Waals surface area contributed by atoms with Crippen LogP contribution >= 0.6 is 0 Å². The first-order chi connectivity index (χ1) is 7.31. The van der Waals surface area contributed by atoms with Gasteiger partial charge in [0.2, 0.25) is 0 Å². The predicted molar refractivity (Wildman–Crippen MR) is 59.0 cm³/mol. The van der Waals surface area contributed by atoms with E-state index in [2.05, 4.69) is 0 Å². The number of nitrogens with zero attached hydrogens (tertiary/aromatic N) is 1. The number of aliphatic hydroxyl groups excluding tert-OH is 2. The fourth-order valence-electron chi connectivity index (χ4n) is 1.78. The molecule has 5 heteroatoms. The molecule has 0 bridgehead atoms. The van der Waals surface area contributed by atoms with E-state index in [1.807, 2.05) is 0 Å². The molecule has 0 saturated carbocycles. The quantitative estimate of drug-likeness (QED) is 0.693. The van der Waals surface area contributed by atoms with Gasteiger partial charge < -0.3 is 19.8 Å². The molecule has 0 spiro atoms. The van der Waals surface area contributed by atoms with Crippen LogP contribution in [0.4, 0.5) is 4.79 Å². The Hall–Kier alpha value is -0.810. The second-order valence-electron chi connectivity index (χ2n) is 5.32. The number of carbonyl (C=O) groups excluding carboxylic acids is 1. The number of hydrogen-bond donors (Lipinski definition) is 2. The molecule has 0 aliphatic carbocycles. The fraction of sp³-hybridized carbons (Fsp3) is 0.909. The van der Waals surface area contributed by atoms with Crippen LogP contribution < -0.4 is 0 Å². The van der Waals surface area contributed by atoms with E-state index in [0.717, 1.165) is 0 Å². The van der Waals surface area contributed by atoms with Gasteiger partial charge in [-0.1, -0.05) is 0 Å². The third kappa shape index (κ3) is 3.98. The van der Waals surface area contributed by atoms with Crippen LogP contribution in [0.25, 0.3) is 0 Å². The average molecular weight is 231 g/mol. The van der Waals surface area contributed by atoms with Gasteiger partial charge in [0.05, 0.1) is 6.10 Å². The normalized spacial score (nSPS) is 26.7. The monoisotopic (exact) mass is 231 g/mol. The minimum Gasteiger partial charge on any atom is -0.444 e. The Kier molecular flexibility index (Phi) is 4.15. The van der Waals surface area contributed by atoms with E-state index in [9.17, 15) is 9.90 Å². The molecule has 1 aliphatic rings. The van der Waals surface area contributed by atoms with Crippen LogP contribution in [-0.4, -0.2) is 52.6 Å². The van der Waals surface area contributed by atoms with Gasteiger partial charge in [-0.3, -0.25) is 0 Å². The van der Waals surface area contributed by atoms with Crippen molar-refractivity contribution in [3.63, 3.8) is 0 Å². The van der Waals surface area contributed by atoms with Crippen molar-refractivity contribution in [1.82, 2.24) is 4.90 Å². The number of rotatable bonds is 1. The lowest BCUT2D eigenvalue weighted by Gasteiger charge is -2.35. The molecule has 0 aromatic heterocycles. The molecule has 1 saturated heterocycles. The molecule has 1 heterocycles. The van der Waals surface area contributed by atoms with E-state index in [1.54, 1.807) is 20.8 Å². The summed E-state index contributed by atoms with van der Waals surface area (Å²) in [5.41, 5.74) is -0.534. The number of aliphatic hydroxyl groups is 2. The maximum Gasteiger partial charge on any atom is 0.410 e. The molecular weight excluding hydrogens is 210 g/mol. The highest BCUT2D eigenvalue weighted by molar-refractivity contribution is 5.68. The predicted octanol–water partition coefficient (Wildman–Crippen LogP) is 0.597. The maximum atomic E-state index is 11.7. The molecule has 94 valence electrons. The minimum absolute atomic E-state index is 0.0175. The number of piperidine rings is 1. The molecule has 16 heavy (non-hydrogen) atoms. The van der Waals surface area contributed by atoms with Crippen molar-refractivity contribution in [2.75, 3.05) is 19.7 Å². The molecular formula is C11H21NO4. The van der Waals surface area contributed by atoms with Gasteiger partial charge in [0.25, 0.3) is 0 Å². The van der Waals surface area contributed by atoms with Crippen molar-refractivity contribution < 1.29 is 19.7 Å². The summed E-state index contributed by atoms with van der Waals surface area (Å²) in [6.45, 7) is 6.11. The van der Waals surface area contributed by atoms with E-state index in [-0.39, 0.29) is 19.1 Å². The molecule has 0 aromatic rings. The average Bonchev–Trinajstić information content (AvgIpc) is 2.14. The molecule has 2 unspecified atom stereocenters. The first-order valence-corrected chi connectivity index (χ1v) is 5.58. The highest BCUT2D eigenvalue weighted by Crippen LogP contribution is 2.19. The van der Waals surface area contributed by atoms with Gasteiger partial charge >= 0.3 is 6.09 Å². The lowest BCUT2D eigenvalue weighted by Crippen LogP contribution is -2.48. The summed E-state index contributed by atoms with van der Waals surface area (Å²) in [5.74, 6) is -0.0590. The molecule has 0 aromatic carbocycles. The number of β-amino-alcohol motifs (C(OH)–C–C–N with tert-alkyl or cyclic N) is 1. The number of likely N-dealkylation sites (tertiary alicyclic amines) is 1. The van der Waals surface area contributed by atoms with Gasteiger partial charge in [-0.25, -0.2) is 4.79 Å². The van der Waals surface area contributed by atoms with Crippen molar-refractivity contribution in [3.05, 3.63) is 0 Å². The van der Waals surface area contributed by atoms with Gasteiger partial charge in [-0.2, -0.15) is 0 Å². The van der Waals surface area contributed by atoms with Crippen molar-refractivity contribution in [2.45, 2.75) is 38.9 Å². The summed E-state index contributed by atoms with van der Waals surface area (Å²) < 4.78 is 5.21. The SMILES string of the molecule is CC(C)(C)OC(=O)N1CC(O)CC(CO)C1. The van der Waals surface area contributed by atoms with E-state index >= 15 is 0 Å². The van der Waals surface area contributed by atoms with Crippen LogP contribution in [0.5, 0.6) is 0 Å². The summed E-state index contributed by atoms with van der Waals surface area (Å²) in [5, 5.41) is 18.6. The summed E-state index contributed by atoms with van der Waals surface area (Å²) in [6, 6.07) is 0. The summed E-state index contributed by atoms with van der Waals surface area (Å²) >= 11 is 0. The molecule has 1 aliphatic heterocycles.